The molecule has 1 aliphatic rings. The van der Waals surface area contributed by atoms with Gasteiger partial charge in [-0.3, -0.25) is 9.59 Å². The minimum atomic E-state index is -0.902. The molecule has 0 spiro atoms. The molecule has 5 nitrogen and oxygen atoms in total. The Morgan fingerprint density at radius 3 is 2.44 bits per heavy atom. The molecule has 1 aliphatic carbocycles. The number of hydrogen-bond acceptors (Lipinski definition) is 3. The zero-order valence-electron chi connectivity index (χ0n) is 9.64. The lowest BCUT2D eigenvalue weighted by molar-refractivity contribution is -0.146. The number of nitrogens with one attached hydrogen (secondary N) is 1. The summed E-state index contributed by atoms with van der Waals surface area (Å²) in [6.45, 7) is 3.51. The SMILES string of the molecule is CC1CC(C(=O)O)C(C(=O)N[C@@H](C)CO)C1. The van der Waals surface area contributed by atoms with Crippen molar-refractivity contribution in [1.29, 1.82) is 0 Å². The monoisotopic (exact) mass is 229 g/mol. The number of aliphatic carboxylic acids is 1. The van der Waals surface area contributed by atoms with Gasteiger partial charge in [-0.25, -0.2) is 0 Å². The van der Waals surface area contributed by atoms with Gasteiger partial charge in [-0.05, 0) is 25.7 Å². The van der Waals surface area contributed by atoms with Crippen molar-refractivity contribution in [1.82, 2.24) is 5.32 Å². The molecule has 1 amide bonds. The van der Waals surface area contributed by atoms with Crippen LogP contribution >= 0.6 is 0 Å². The minimum absolute atomic E-state index is 0.133. The van der Waals surface area contributed by atoms with Crippen LogP contribution in [0.4, 0.5) is 0 Å². The van der Waals surface area contributed by atoms with Crippen LogP contribution in [0.25, 0.3) is 0 Å². The number of carboxylic acid groups (broad SMARTS) is 1. The number of carbonyl (C=O) groups excluding carboxylic acids is 1. The van der Waals surface area contributed by atoms with E-state index in [0.717, 1.165) is 0 Å². The number of aliphatic hydroxyl groups is 1. The van der Waals surface area contributed by atoms with E-state index in [-0.39, 0.29) is 24.5 Å². The Morgan fingerprint density at radius 1 is 1.38 bits per heavy atom. The van der Waals surface area contributed by atoms with Crippen molar-refractivity contribution in [2.45, 2.75) is 32.7 Å². The van der Waals surface area contributed by atoms with Gasteiger partial charge < -0.3 is 15.5 Å². The Hall–Kier alpha value is -1.10. The summed E-state index contributed by atoms with van der Waals surface area (Å²) in [4.78, 5) is 22.8. The molecule has 0 bridgehead atoms. The standard InChI is InChI=1S/C11H19NO4/c1-6-3-8(9(4-6)11(15)16)10(14)12-7(2)5-13/h6-9,13H,3-5H2,1-2H3,(H,12,14)(H,15,16)/t6?,7-,8?,9?/m0/s1. The highest BCUT2D eigenvalue weighted by molar-refractivity contribution is 5.85. The molecular weight excluding hydrogens is 210 g/mol. The third-order valence-corrected chi connectivity index (χ3v) is 3.11. The number of amides is 1. The average Bonchev–Trinajstić information content (AvgIpc) is 2.60. The highest BCUT2D eigenvalue weighted by Crippen LogP contribution is 2.36. The lowest BCUT2D eigenvalue weighted by Gasteiger charge is -2.18. The van der Waals surface area contributed by atoms with Crippen LogP contribution in [0.5, 0.6) is 0 Å². The summed E-state index contributed by atoms with van der Waals surface area (Å²) in [7, 11) is 0. The maximum absolute atomic E-state index is 11.8. The predicted molar refractivity (Wildman–Crippen MR) is 57.7 cm³/mol. The summed E-state index contributed by atoms with van der Waals surface area (Å²) < 4.78 is 0. The Balaban J connectivity index is 2.63. The molecule has 0 aromatic carbocycles. The van der Waals surface area contributed by atoms with Crippen LogP contribution in [0.15, 0.2) is 0 Å². The third-order valence-electron chi connectivity index (χ3n) is 3.11. The van der Waals surface area contributed by atoms with Gasteiger partial charge in [-0.15, -0.1) is 0 Å². The van der Waals surface area contributed by atoms with Gasteiger partial charge in [0.2, 0.25) is 5.91 Å². The van der Waals surface area contributed by atoms with Crippen LogP contribution in [-0.2, 0) is 9.59 Å². The third kappa shape index (κ3) is 2.95. The minimum Gasteiger partial charge on any atom is -0.481 e. The smallest absolute Gasteiger partial charge is 0.307 e. The second kappa shape index (κ2) is 5.30. The van der Waals surface area contributed by atoms with Crippen LogP contribution in [0.2, 0.25) is 0 Å². The van der Waals surface area contributed by atoms with Gasteiger partial charge >= 0.3 is 5.97 Å². The zero-order chi connectivity index (χ0) is 12.3. The average molecular weight is 229 g/mol. The molecule has 0 aromatic rings. The van der Waals surface area contributed by atoms with Crippen LogP contribution in [-0.4, -0.2) is 34.7 Å². The van der Waals surface area contributed by atoms with Crippen molar-refractivity contribution in [3.05, 3.63) is 0 Å². The topological polar surface area (TPSA) is 86.6 Å². The normalized spacial score (nSPS) is 31.1. The van der Waals surface area contributed by atoms with E-state index < -0.39 is 17.8 Å². The van der Waals surface area contributed by atoms with Gasteiger partial charge in [0.05, 0.1) is 18.4 Å². The second-order valence-electron chi connectivity index (χ2n) is 4.72. The maximum Gasteiger partial charge on any atom is 0.307 e. The van der Waals surface area contributed by atoms with Crippen LogP contribution in [0.1, 0.15) is 26.7 Å². The first-order chi connectivity index (χ1) is 7.45. The zero-order valence-corrected chi connectivity index (χ0v) is 9.64. The van der Waals surface area contributed by atoms with E-state index in [4.69, 9.17) is 10.2 Å². The first-order valence-corrected chi connectivity index (χ1v) is 5.59. The van der Waals surface area contributed by atoms with Gasteiger partial charge in [0.1, 0.15) is 0 Å². The fourth-order valence-electron chi connectivity index (χ4n) is 2.25. The molecule has 1 saturated carbocycles. The quantitative estimate of drug-likeness (QED) is 0.644. The van der Waals surface area contributed by atoms with E-state index >= 15 is 0 Å². The van der Waals surface area contributed by atoms with Crippen LogP contribution < -0.4 is 5.32 Å². The molecule has 92 valence electrons. The first-order valence-electron chi connectivity index (χ1n) is 5.59. The molecular formula is C11H19NO4. The molecule has 5 heteroatoms. The fraction of sp³-hybridized carbons (Fsp3) is 0.818. The van der Waals surface area contributed by atoms with Gasteiger partial charge in [0.25, 0.3) is 0 Å². The molecule has 0 aromatic heterocycles. The molecule has 1 rings (SSSR count). The Morgan fingerprint density at radius 2 is 1.94 bits per heavy atom. The molecule has 16 heavy (non-hydrogen) atoms. The van der Waals surface area contributed by atoms with Crippen molar-refractivity contribution in [2.24, 2.45) is 17.8 Å². The molecule has 1 fully saturated rings. The Labute approximate surface area is 94.8 Å². The molecule has 4 atom stereocenters. The summed E-state index contributed by atoms with van der Waals surface area (Å²) in [5.41, 5.74) is 0. The summed E-state index contributed by atoms with van der Waals surface area (Å²) in [5.74, 6) is -1.93. The number of rotatable bonds is 4. The lowest BCUT2D eigenvalue weighted by atomic mass is 9.95. The Bertz CT molecular complexity index is 279. The summed E-state index contributed by atoms with van der Waals surface area (Å²) in [6, 6.07) is -0.321. The molecule has 0 saturated heterocycles. The van der Waals surface area contributed by atoms with E-state index in [0.29, 0.717) is 12.8 Å². The van der Waals surface area contributed by atoms with Crippen molar-refractivity contribution in [3.8, 4) is 0 Å². The maximum atomic E-state index is 11.8. The first kappa shape index (κ1) is 13.0. The highest BCUT2D eigenvalue weighted by Gasteiger charge is 2.41. The summed E-state index contributed by atoms with van der Waals surface area (Å²) in [6.07, 6.45) is 1.17. The fourth-order valence-corrected chi connectivity index (χ4v) is 2.25. The molecule has 0 heterocycles. The Kier molecular flexibility index (Phi) is 4.29. The number of carbonyl (C=O) groups is 2. The highest BCUT2D eigenvalue weighted by atomic mass is 16.4. The van der Waals surface area contributed by atoms with Crippen LogP contribution in [0, 0.1) is 17.8 Å². The predicted octanol–water partition coefficient (Wildman–Crippen LogP) is 0.230. The second-order valence-corrected chi connectivity index (χ2v) is 4.72. The van der Waals surface area contributed by atoms with E-state index in [1.54, 1.807) is 6.92 Å². The van der Waals surface area contributed by atoms with Gasteiger partial charge in [0, 0.05) is 6.04 Å². The number of carboxylic acids is 1. The summed E-state index contributed by atoms with van der Waals surface area (Å²) >= 11 is 0. The summed E-state index contributed by atoms with van der Waals surface area (Å²) in [5, 5.41) is 20.5. The largest absolute Gasteiger partial charge is 0.481 e. The molecule has 0 aliphatic heterocycles. The molecule has 3 unspecified atom stereocenters. The van der Waals surface area contributed by atoms with Gasteiger partial charge in [0.15, 0.2) is 0 Å². The van der Waals surface area contributed by atoms with Crippen molar-refractivity contribution in [2.75, 3.05) is 6.61 Å². The van der Waals surface area contributed by atoms with E-state index in [1.165, 1.54) is 0 Å². The van der Waals surface area contributed by atoms with Crippen LogP contribution in [0.3, 0.4) is 0 Å². The van der Waals surface area contributed by atoms with Gasteiger partial charge in [-0.2, -0.15) is 0 Å². The molecule has 3 N–H and O–H groups in total. The lowest BCUT2D eigenvalue weighted by Crippen LogP contribution is -2.41. The van der Waals surface area contributed by atoms with E-state index in [9.17, 15) is 9.59 Å². The number of aliphatic hydroxyl groups excluding tert-OH is 1. The number of hydrogen-bond donors (Lipinski definition) is 3. The van der Waals surface area contributed by atoms with E-state index in [1.807, 2.05) is 6.92 Å². The van der Waals surface area contributed by atoms with Crippen molar-refractivity contribution >= 4 is 11.9 Å². The molecule has 0 radical (unpaired) electrons. The van der Waals surface area contributed by atoms with Crippen molar-refractivity contribution in [3.63, 3.8) is 0 Å². The van der Waals surface area contributed by atoms with Gasteiger partial charge in [-0.1, -0.05) is 6.92 Å². The van der Waals surface area contributed by atoms with E-state index in [2.05, 4.69) is 5.32 Å². The van der Waals surface area contributed by atoms with Crippen molar-refractivity contribution < 1.29 is 19.8 Å².